The van der Waals surface area contributed by atoms with Crippen LogP contribution in [0, 0.1) is 0 Å². The van der Waals surface area contributed by atoms with Gasteiger partial charge in [-0.15, -0.1) is 0 Å². The van der Waals surface area contributed by atoms with E-state index in [2.05, 4.69) is 15.4 Å². The summed E-state index contributed by atoms with van der Waals surface area (Å²) in [7, 11) is 0. The second kappa shape index (κ2) is 4.13. The lowest BCUT2D eigenvalue weighted by Gasteiger charge is -2.19. The van der Waals surface area contributed by atoms with Crippen LogP contribution >= 0.6 is 0 Å². The minimum atomic E-state index is -0.906. The molecule has 5 heteroatoms. The van der Waals surface area contributed by atoms with Crippen molar-refractivity contribution in [2.45, 2.75) is 44.3 Å². The molecule has 88 valence electrons. The molecule has 4 nitrogen and oxygen atoms in total. The molecule has 0 amide bonds. The van der Waals surface area contributed by atoms with Crippen LogP contribution in [0.25, 0.3) is 0 Å². The van der Waals surface area contributed by atoms with Gasteiger partial charge in [0.1, 0.15) is 0 Å². The van der Waals surface area contributed by atoms with Gasteiger partial charge in [-0.3, -0.25) is 0 Å². The smallest absolute Gasteiger partial charge is 0.161 e. The van der Waals surface area contributed by atoms with Crippen molar-refractivity contribution in [2.24, 2.45) is 0 Å². The minimum absolute atomic E-state index is 0.423. The number of halogens is 1. The fourth-order valence-corrected chi connectivity index (χ4v) is 2.57. The normalized spacial score (nSPS) is 26.7. The highest BCUT2D eigenvalue weighted by Gasteiger charge is 2.27. The van der Waals surface area contributed by atoms with Crippen molar-refractivity contribution in [3.8, 4) is 0 Å². The van der Waals surface area contributed by atoms with Crippen LogP contribution < -0.4 is 5.32 Å². The maximum Gasteiger partial charge on any atom is 0.161 e. The van der Waals surface area contributed by atoms with Crippen molar-refractivity contribution in [1.82, 2.24) is 20.1 Å². The van der Waals surface area contributed by atoms with Crippen molar-refractivity contribution in [3.05, 3.63) is 11.6 Å². The molecule has 16 heavy (non-hydrogen) atoms. The monoisotopic (exact) mass is 224 g/mol. The van der Waals surface area contributed by atoms with Gasteiger partial charge in [-0.05, 0) is 38.8 Å². The predicted molar refractivity (Wildman–Crippen MR) is 57.9 cm³/mol. The average Bonchev–Trinajstić information content (AvgIpc) is 2.76. The van der Waals surface area contributed by atoms with Crippen LogP contribution in [-0.2, 0) is 6.54 Å². The zero-order valence-electron chi connectivity index (χ0n) is 9.32. The van der Waals surface area contributed by atoms with Gasteiger partial charge in [0.15, 0.2) is 17.8 Å². The highest BCUT2D eigenvalue weighted by atomic mass is 19.1. The van der Waals surface area contributed by atoms with Crippen molar-refractivity contribution in [3.63, 3.8) is 0 Å². The summed E-state index contributed by atoms with van der Waals surface area (Å²) < 4.78 is 15.4. The number of rotatable bonds is 1. The van der Waals surface area contributed by atoms with E-state index >= 15 is 0 Å². The van der Waals surface area contributed by atoms with Crippen LogP contribution in [0.1, 0.15) is 49.4 Å². The number of aromatic nitrogens is 3. The number of nitrogens with one attached hydrogen (secondary N) is 1. The Kier molecular flexibility index (Phi) is 2.63. The van der Waals surface area contributed by atoms with Gasteiger partial charge >= 0.3 is 0 Å². The molecule has 2 aliphatic heterocycles. The SMILES string of the molecule is FC1CCCn2nc(C3CCNCC3)nc21. The number of hydrogen-bond donors (Lipinski definition) is 1. The molecular weight excluding hydrogens is 207 g/mol. The van der Waals surface area contributed by atoms with Gasteiger partial charge in [-0.2, -0.15) is 5.10 Å². The van der Waals surface area contributed by atoms with Gasteiger partial charge in [0.2, 0.25) is 0 Å². The number of piperidine rings is 1. The van der Waals surface area contributed by atoms with E-state index in [1.807, 2.05) is 0 Å². The zero-order chi connectivity index (χ0) is 11.0. The van der Waals surface area contributed by atoms with Crippen LogP contribution in [-0.4, -0.2) is 27.9 Å². The minimum Gasteiger partial charge on any atom is -0.317 e. The summed E-state index contributed by atoms with van der Waals surface area (Å²) in [6.07, 6.45) is 2.71. The quantitative estimate of drug-likeness (QED) is 0.787. The van der Waals surface area contributed by atoms with Crippen LogP contribution in [0.4, 0.5) is 4.39 Å². The van der Waals surface area contributed by atoms with Gasteiger partial charge in [-0.1, -0.05) is 0 Å². The van der Waals surface area contributed by atoms with Gasteiger partial charge in [-0.25, -0.2) is 14.1 Å². The Morgan fingerprint density at radius 3 is 2.81 bits per heavy atom. The van der Waals surface area contributed by atoms with Crippen molar-refractivity contribution in [2.75, 3.05) is 13.1 Å². The predicted octanol–water partition coefficient (Wildman–Crippen LogP) is 1.55. The molecule has 3 rings (SSSR count). The van der Waals surface area contributed by atoms with Gasteiger partial charge < -0.3 is 5.32 Å². The molecule has 0 radical (unpaired) electrons. The molecule has 1 N–H and O–H groups in total. The molecule has 1 saturated heterocycles. The second-order valence-electron chi connectivity index (χ2n) is 4.69. The van der Waals surface area contributed by atoms with Gasteiger partial charge in [0.05, 0.1) is 0 Å². The van der Waals surface area contributed by atoms with E-state index in [9.17, 15) is 4.39 Å². The Balaban J connectivity index is 1.85. The van der Waals surface area contributed by atoms with E-state index in [-0.39, 0.29) is 0 Å². The lowest BCUT2D eigenvalue weighted by molar-refractivity contribution is 0.252. The highest BCUT2D eigenvalue weighted by molar-refractivity contribution is 5.04. The summed E-state index contributed by atoms with van der Waals surface area (Å²) in [5, 5.41) is 7.78. The van der Waals surface area contributed by atoms with E-state index in [1.54, 1.807) is 4.68 Å². The molecule has 0 aromatic carbocycles. The Hall–Kier alpha value is -0.970. The maximum absolute atomic E-state index is 13.6. The van der Waals surface area contributed by atoms with E-state index in [1.165, 1.54) is 0 Å². The van der Waals surface area contributed by atoms with Crippen molar-refractivity contribution in [1.29, 1.82) is 0 Å². The van der Waals surface area contributed by atoms with Crippen molar-refractivity contribution < 1.29 is 4.39 Å². The lowest BCUT2D eigenvalue weighted by atomic mass is 9.98. The van der Waals surface area contributed by atoms with E-state index in [0.717, 1.165) is 44.7 Å². The third kappa shape index (κ3) is 1.73. The zero-order valence-corrected chi connectivity index (χ0v) is 9.32. The average molecular weight is 224 g/mol. The van der Waals surface area contributed by atoms with Gasteiger partial charge in [0.25, 0.3) is 0 Å². The van der Waals surface area contributed by atoms with Crippen molar-refractivity contribution >= 4 is 0 Å². The Labute approximate surface area is 94.2 Å². The molecule has 1 unspecified atom stereocenters. The summed E-state index contributed by atoms with van der Waals surface area (Å²) in [4.78, 5) is 4.40. The first kappa shape index (κ1) is 10.2. The Morgan fingerprint density at radius 1 is 1.25 bits per heavy atom. The number of fused-ring (bicyclic) bond motifs is 1. The number of alkyl halides is 1. The molecule has 3 heterocycles. The van der Waals surface area contributed by atoms with E-state index in [0.29, 0.717) is 18.2 Å². The van der Waals surface area contributed by atoms with Crippen LogP contribution in [0.3, 0.4) is 0 Å². The standard InChI is InChI=1S/C11H17FN4/c12-9-2-1-7-16-11(9)14-10(15-16)8-3-5-13-6-4-8/h8-9,13H,1-7H2. The largest absolute Gasteiger partial charge is 0.317 e. The number of aryl methyl sites for hydroxylation is 1. The third-order valence-electron chi connectivity index (χ3n) is 3.53. The molecule has 0 aliphatic carbocycles. The summed E-state index contributed by atoms with van der Waals surface area (Å²) in [6, 6.07) is 0. The number of nitrogens with zero attached hydrogens (tertiary/aromatic N) is 3. The molecule has 0 saturated carbocycles. The fraction of sp³-hybridized carbons (Fsp3) is 0.818. The first-order chi connectivity index (χ1) is 7.84. The summed E-state index contributed by atoms with van der Waals surface area (Å²) >= 11 is 0. The highest BCUT2D eigenvalue weighted by Crippen LogP contribution is 2.29. The summed E-state index contributed by atoms with van der Waals surface area (Å²) in [5.41, 5.74) is 0. The fourth-order valence-electron chi connectivity index (χ4n) is 2.57. The van der Waals surface area contributed by atoms with E-state index < -0.39 is 6.17 Å². The summed E-state index contributed by atoms with van der Waals surface area (Å²) in [5.74, 6) is 1.84. The molecule has 2 aliphatic rings. The number of hydrogen-bond acceptors (Lipinski definition) is 3. The first-order valence-corrected chi connectivity index (χ1v) is 6.14. The molecule has 1 fully saturated rings. The van der Waals surface area contributed by atoms with E-state index in [4.69, 9.17) is 0 Å². The van der Waals surface area contributed by atoms with Crippen LogP contribution in [0.2, 0.25) is 0 Å². The maximum atomic E-state index is 13.6. The summed E-state index contributed by atoms with van der Waals surface area (Å²) in [6.45, 7) is 2.87. The lowest BCUT2D eigenvalue weighted by Crippen LogP contribution is -2.27. The molecule has 1 aromatic rings. The van der Waals surface area contributed by atoms with Gasteiger partial charge in [0, 0.05) is 12.5 Å². The molecule has 0 spiro atoms. The van der Waals surface area contributed by atoms with Crippen LogP contribution in [0.5, 0.6) is 0 Å². The third-order valence-corrected chi connectivity index (χ3v) is 3.53. The topological polar surface area (TPSA) is 42.7 Å². The molecular formula is C11H17FN4. The molecule has 0 bridgehead atoms. The molecule has 1 atom stereocenters. The second-order valence-corrected chi connectivity index (χ2v) is 4.69. The van der Waals surface area contributed by atoms with Crippen LogP contribution in [0.15, 0.2) is 0 Å². The molecule has 1 aromatic heterocycles. The first-order valence-electron chi connectivity index (χ1n) is 6.14. The Morgan fingerprint density at radius 2 is 2.06 bits per heavy atom. The Bertz CT molecular complexity index is 370.